The Morgan fingerprint density at radius 2 is 1.81 bits per heavy atom. The van der Waals surface area contributed by atoms with Crippen LogP contribution in [0.5, 0.6) is 0 Å². The van der Waals surface area contributed by atoms with Gasteiger partial charge in [-0.3, -0.25) is 14.7 Å². The fraction of sp³-hybridized carbons (Fsp3) is 0.0625. The molecule has 3 aromatic rings. The number of sulfonamides is 1. The maximum atomic E-state index is 11.9. The lowest BCUT2D eigenvalue weighted by atomic mass is 10.2. The van der Waals surface area contributed by atoms with E-state index in [9.17, 15) is 18.0 Å². The van der Waals surface area contributed by atoms with Crippen LogP contribution in [0.25, 0.3) is 10.9 Å². The number of aromatic amines is 1. The maximum absolute atomic E-state index is 11.9. The van der Waals surface area contributed by atoms with E-state index in [0.29, 0.717) is 11.3 Å². The Bertz CT molecular complexity index is 1070. The second-order valence-corrected chi connectivity index (χ2v) is 7.06. The third kappa shape index (κ3) is 4.05. The molecule has 0 aliphatic carbocycles. The number of H-pyrrole nitrogens is 1. The number of nitrogens with zero attached hydrogens (tertiary/aromatic N) is 1. The van der Waals surface area contributed by atoms with Crippen molar-refractivity contribution in [3.63, 3.8) is 0 Å². The van der Waals surface area contributed by atoms with Gasteiger partial charge in [-0.1, -0.05) is 12.1 Å². The topological polar surface area (TPSA) is 147 Å². The van der Waals surface area contributed by atoms with Crippen LogP contribution >= 0.6 is 0 Å². The molecule has 1 aromatic heterocycles. The van der Waals surface area contributed by atoms with Gasteiger partial charge in [0.2, 0.25) is 10.0 Å². The van der Waals surface area contributed by atoms with Gasteiger partial charge in [-0.05, 0) is 35.9 Å². The van der Waals surface area contributed by atoms with Gasteiger partial charge < -0.3 is 10.6 Å². The summed E-state index contributed by atoms with van der Waals surface area (Å²) in [4.78, 5) is 23.8. The van der Waals surface area contributed by atoms with E-state index >= 15 is 0 Å². The van der Waals surface area contributed by atoms with Gasteiger partial charge in [0.15, 0.2) is 0 Å². The zero-order chi connectivity index (χ0) is 18.7. The summed E-state index contributed by atoms with van der Waals surface area (Å²) in [5.41, 5.74) is 1.81. The highest BCUT2D eigenvalue weighted by atomic mass is 32.2. The molecule has 134 valence electrons. The highest BCUT2D eigenvalue weighted by molar-refractivity contribution is 7.89. The summed E-state index contributed by atoms with van der Waals surface area (Å²) in [6.07, 6.45) is 1.65. The number of carbonyl (C=O) groups is 2. The minimum atomic E-state index is -3.77. The molecule has 0 saturated carbocycles. The third-order valence-electron chi connectivity index (χ3n) is 3.61. The Hall–Kier alpha value is -3.24. The van der Waals surface area contributed by atoms with Crippen LogP contribution < -0.4 is 15.8 Å². The molecule has 26 heavy (non-hydrogen) atoms. The summed E-state index contributed by atoms with van der Waals surface area (Å²) in [5.74, 6) is -1.63. The minimum Gasteiger partial charge on any atom is -0.344 e. The Morgan fingerprint density at radius 1 is 1.08 bits per heavy atom. The van der Waals surface area contributed by atoms with Crippen LogP contribution in [0.4, 0.5) is 5.69 Å². The fourth-order valence-corrected chi connectivity index (χ4v) is 2.78. The van der Waals surface area contributed by atoms with Gasteiger partial charge >= 0.3 is 11.8 Å². The lowest BCUT2D eigenvalue weighted by Gasteiger charge is -2.07. The molecule has 2 amide bonds. The van der Waals surface area contributed by atoms with Crippen LogP contribution in [-0.4, -0.2) is 30.4 Å². The average molecular weight is 373 g/mol. The van der Waals surface area contributed by atoms with Gasteiger partial charge in [-0.2, -0.15) is 5.10 Å². The van der Waals surface area contributed by atoms with E-state index in [-0.39, 0.29) is 11.4 Å². The van der Waals surface area contributed by atoms with Gasteiger partial charge in [0.05, 0.1) is 16.6 Å². The Labute approximate surface area is 148 Å². The number of carbonyl (C=O) groups excluding carboxylic acids is 2. The molecule has 3 rings (SSSR count). The first-order chi connectivity index (χ1) is 12.3. The molecule has 1 heterocycles. The van der Waals surface area contributed by atoms with E-state index in [0.717, 1.165) is 10.9 Å². The highest BCUT2D eigenvalue weighted by Gasteiger charge is 2.14. The number of fused-ring (bicyclic) bond motifs is 1. The minimum absolute atomic E-state index is 0.0282. The summed E-state index contributed by atoms with van der Waals surface area (Å²) >= 11 is 0. The number of hydrogen-bond acceptors (Lipinski definition) is 5. The van der Waals surface area contributed by atoms with Crippen molar-refractivity contribution < 1.29 is 18.0 Å². The van der Waals surface area contributed by atoms with Crippen molar-refractivity contribution in [1.29, 1.82) is 0 Å². The number of nitrogens with two attached hydrogens (primary N) is 1. The monoisotopic (exact) mass is 373 g/mol. The van der Waals surface area contributed by atoms with E-state index in [1.165, 1.54) is 24.3 Å². The van der Waals surface area contributed by atoms with E-state index in [4.69, 9.17) is 5.14 Å². The third-order valence-corrected chi connectivity index (χ3v) is 4.54. The molecule has 0 saturated heterocycles. The fourth-order valence-electron chi connectivity index (χ4n) is 2.26. The number of rotatable bonds is 4. The van der Waals surface area contributed by atoms with Gasteiger partial charge in [0.25, 0.3) is 0 Å². The predicted octanol–water partition coefficient (Wildman–Crippen LogP) is 0.465. The number of amides is 2. The van der Waals surface area contributed by atoms with E-state index in [1.54, 1.807) is 24.4 Å². The summed E-state index contributed by atoms with van der Waals surface area (Å²) in [5, 5.41) is 17.5. The van der Waals surface area contributed by atoms with E-state index in [1.807, 2.05) is 0 Å². The average Bonchev–Trinajstić information content (AvgIpc) is 3.07. The highest BCUT2D eigenvalue weighted by Crippen LogP contribution is 2.16. The molecule has 0 atom stereocenters. The number of primary sulfonamides is 1. The molecular weight excluding hydrogens is 358 g/mol. The molecule has 0 unspecified atom stereocenters. The molecule has 0 fully saturated rings. The van der Waals surface area contributed by atoms with Gasteiger partial charge in [0, 0.05) is 17.6 Å². The van der Waals surface area contributed by atoms with Gasteiger partial charge in [0.1, 0.15) is 0 Å². The van der Waals surface area contributed by atoms with Crippen molar-refractivity contribution in [2.24, 2.45) is 5.14 Å². The quantitative estimate of drug-likeness (QED) is 0.491. The Balaban J connectivity index is 1.58. The molecule has 0 bridgehead atoms. The lowest BCUT2D eigenvalue weighted by Crippen LogP contribution is -2.34. The number of nitrogens with one attached hydrogen (secondary N) is 3. The Kier molecular flexibility index (Phi) is 4.69. The standard InChI is InChI=1S/C16H15N5O4S/c17-26(24,25)13-5-1-10(2-6-13)8-18-15(22)16(23)20-12-4-3-11-9-19-21-14(11)7-12/h1-7,9H,8H2,(H,18,22)(H,19,21)(H,20,23)(H2,17,24,25). The van der Waals surface area contributed by atoms with Crippen LogP contribution in [0.1, 0.15) is 5.56 Å². The first-order valence-corrected chi connectivity index (χ1v) is 9.01. The van der Waals surface area contributed by atoms with Crippen molar-refractivity contribution in [2.45, 2.75) is 11.4 Å². The summed E-state index contributed by atoms with van der Waals surface area (Å²) in [6, 6.07) is 10.8. The zero-order valence-electron chi connectivity index (χ0n) is 13.4. The zero-order valence-corrected chi connectivity index (χ0v) is 14.2. The molecule has 2 aromatic carbocycles. The van der Waals surface area contributed by atoms with E-state index < -0.39 is 21.8 Å². The summed E-state index contributed by atoms with van der Waals surface area (Å²) in [7, 11) is -3.77. The lowest BCUT2D eigenvalue weighted by molar-refractivity contribution is -0.136. The van der Waals surface area contributed by atoms with Crippen LogP contribution in [-0.2, 0) is 26.2 Å². The SMILES string of the molecule is NS(=O)(=O)c1ccc(CNC(=O)C(=O)Nc2ccc3cn[nH]c3c2)cc1. The molecule has 10 heteroatoms. The largest absolute Gasteiger partial charge is 0.344 e. The second kappa shape index (κ2) is 6.94. The summed E-state index contributed by atoms with van der Waals surface area (Å²) in [6.45, 7) is 0.0662. The maximum Gasteiger partial charge on any atom is 0.313 e. The van der Waals surface area contributed by atoms with Gasteiger partial charge in [-0.15, -0.1) is 0 Å². The van der Waals surface area contributed by atoms with Crippen molar-refractivity contribution in [3.05, 3.63) is 54.2 Å². The van der Waals surface area contributed by atoms with Crippen molar-refractivity contribution in [2.75, 3.05) is 5.32 Å². The van der Waals surface area contributed by atoms with Crippen molar-refractivity contribution in [1.82, 2.24) is 15.5 Å². The van der Waals surface area contributed by atoms with Crippen LogP contribution in [0, 0.1) is 0 Å². The molecule has 0 spiro atoms. The molecule has 0 radical (unpaired) electrons. The van der Waals surface area contributed by atoms with Crippen LogP contribution in [0.3, 0.4) is 0 Å². The summed E-state index contributed by atoms with van der Waals surface area (Å²) < 4.78 is 22.4. The normalized spacial score (nSPS) is 11.3. The number of anilines is 1. The first-order valence-electron chi connectivity index (χ1n) is 7.47. The number of hydrogen-bond donors (Lipinski definition) is 4. The van der Waals surface area contributed by atoms with Crippen LogP contribution in [0.2, 0.25) is 0 Å². The smallest absolute Gasteiger partial charge is 0.313 e. The van der Waals surface area contributed by atoms with Crippen LogP contribution in [0.15, 0.2) is 53.6 Å². The van der Waals surface area contributed by atoms with Crippen molar-refractivity contribution in [3.8, 4) is 0 Å². The predicted molar refractivity (Wildman–Crippen MR) is 94.4 cm³/mol. The number of aromatic nitrogens is 2. The second-order valence-electron chi connectivity index (χ2n) is 5.50. The molecular formula is C16H15N5O4S. The van der Waals surface area contributed by atoms with Crippen molar-refractivity contribution >= 4 is 38.4 Å². The Morgan fingerprint density at radius 3 is 2.50 bits per heavy atom. The van der Waals surface area contributed by atoms with E-state index in [2.05, 4.69) is 20.8 Å². The molecule has 0 aliphatic heterocycles. The molecule has 0 aliphatic rings. The van der Waals surface area contributed by atoms with Gasteiger partial charge in [-0.25, -0.2) is 13.6 Å². The number of benzene rings is 2. The first kappa shape index (κ1) is 17.6. The molecule has 9 nitrogen and oxygen atoms in total. The molecule has 5 N–H and O–H groups in total.